The number of aromatic nitrogens is 8. The molecule has 0 N–H and O–H groups in total. The summed E-state index contributed by atoms with van der Waals surface area (Å²) < 4.78 is 12.0. The standard InChI is InChI=1S/C66H40N8O/c1-6-22-41(23-7-1)61-67-62(42-24-8-2-9-25-42)70-65(69-61)47-39-38-46(40-51(47)66-71-63(43-26-10-3-11-27-43)68-64(72-66)44-28-12-4-13-29-44)74-53-36-20-17-33-49(53)57-58-55(56-50-34-18-21-37-54(50)75-60(56)59(57)74)48-32-16-19-35-52(48)73(58)45-30-14-5-15-31-45/h1-40H. The molecule has 0 bridgehead atoms. The van der Waals surface area contributed by atoms with Crippen LogP contribution in [0, 0.1) is 0 Å². The molecule has 0 unspecified atom stereocenters. The van der Waals surface area contributed by atoms with Crippen LogP contribution in [0.5, 0.6) is 0 Å². The SMILES string of the molecule is c1ccc(-c2nc(-c3ccccc3)nc(-c3ccc(-n4c5ccccc5c5c4c4oc6ccccc6c4c4c6ccccc6n(-c6ccccc6)c45)cc3-c3nc(-c4ccccc4)nc(-c4ccccc4)n3)n2)cc1. The predicted octanol–water partition coefficient (Wildman–Crippen LogP) is 16.2. The van der Waals surface area contributed by atoms with Gasteiger partial charge in [0.25, 0.3) is 0 Å². The van der Waals surface area contributed by atoms with Crippen molar-refractivity contribution < 1.29 is 4.42 Å². The molecule has 5 heterocycles. The van der Waals surface area contributed by atoms with Crippen molar-refractivity contribution in [2.24, 2.45) is 0 Å². The van der Waals surface area contributed by atoms with Crippen LogP contribution in [0.15, 0.2) is 247 Å². The number of rotatable bonds is 8. The van der Waals surface area contributed by atoms with E-state index in [0.717, 1.165) is 105 Å². The molecular weight excluding hydrogens is 921 g/mol. The first-order chi connectivity index (χ1) is 37.2. The first kappa shape index (κ1) is 42.3. The minimum Gasteiger partial charge on any atom is -0.454 e. The molecule has 350 valence electrons. The van der Waals surface area contributed by atoms with Crippen LogP contribution < -0.4 is 0 Å². The van der Waals surface area contributed by atoms with Crippen molar-refractivity contribution in [3.63, 3.8) is 0 Å². The highest BCUT2D eigenvalue weighted by Gasteiger charge is 2.29. The second kappa shape index (κ2) is 17.1. The molecule has 0 radical (unpaired) electrons. The number of para-hydroxylation sites is 4. The van der Waals surface area contributed by atoms with Crippen molar-refractivity contribution in [3.05, 3.63) is 243 Å². The van der Waals surface area contributed by atoms with E-state index in [9.17, 15) is 0 Å². The third-order valence-electron chi connectivity index (χ3n) is 14.2. The number of furan rings is 1. The van der Waals surface area contributed by atoms with Crippen molar-refractivity contribution >= 4 is 65.6 Å². The highest BCUT2D eigenvalue weighted by molar-refractivity contribution is 6.39. The highest BCUT2D eigenvalue weighted by atomic mass is 16.3. The summed E-state index contributed by atoms with van der Waals surface area (Å²) in [7, 11) is 0. The van der Waals surface area contributed by atoms with Gasteiger partial charge >= 0.3 is 0 Å². The predicted molar refractivity (Wildman–Crippen MR) is 302 cm³/mol. The number of hydrogen-bond acceptors (Lipinski definition) is 7. The third kappa shape index (κ3) is 6.86. The average Bonchev–Trinajstić information content (AvgIpc) is 4.17. The van der Waals surface area contributed by atoms with Gasteiger partial charge in [-0.2, -0.15) is 0 Å². The van der Waals surface area contributed by atoms with Crippen LogP contribution in [0.25, 0.3) is 145 Å². The fourth-order valence-electron chi connectivity index (χ4n) is 10.9. The monoisotopic (exact) mass is 960 g/mol. The van der Waals surface area contributed by atoms with Crippen LogP contribution in [-0.4, -0.2) is 39.0 Å². The van der Waals surface area contributed by atoms with Crippen LogP contribution in [-0.2, 0) is 0 Å². The maximum Gasteiger partial charge on any atom is 0.164 e. The van der Waals surface area contributed by atoms with Gasteiger partial charge in [-0.1, -0.05) is 194 Å². The molecule has 0 saturated heterocycles. The molecule has 0 amide bonds. The molecule has 0 fully saturated rings. The van der Waals surface area contributed by atoms with Gasteiger partial charge in [0.05, 0.1) is 22.1 Å². The Hall–Kier alpha value is -10.4. The van der Waals surface area contributed by atoms with E-state index in [0.29, 0.717) is 40.5 Å². The molecule has 15 aromatic rings. The lowest BCUT2D eigenvalue weighted by Crippen LogP contribution is -2.05. The molecule has 0 aliphatic carbocycles. The topological polar surface area (TPSA) is 100 Å². The summed E-state index contributed by atoms with van der Waals surface area (Å²) in [6.07, 6.45) is 0. The Morgan fingerprint density at radius 1 is 0.280 bits per heavy atom. The minimum absolute atomic E-state index is 0.462. The normalized spacial score (nSPS) is 11.7. The molecule has 9 heteroatoms. The summed E-state index contributed by atoms with van der Waals surface area (Å²) in [5.41, 5.74) is 12.6. The summed E-state index contributed by atoms with van der Waals surface area (Å²) in [5.74, 6) is 3.11. The molecule has 10 aromatic carbocycles. The van der Waals surface area contributed by atoms with Crippen molar-refractivity contribution in [3.8, 4) is 79.7 Å². The molecule has 75 heavy (non-hydrogen) atoms. The smallest absolute Gasteiger partial charge is 0.164 e. The lowest BCUT2D eigenvalue weighted by atomic mass is 10.0. The second-order valence-corrected chi connectivity index (χ2v) is 18.6. The Morgan fingerprint density at radius 3 is 1.20 bits per heavy atom. The molecule has 0 aliphatic rings. The zero-order valence-electron chi connectivity index (χ0n) is 40.1. The van der Waals surface area contributed by atoms with E-state index in [1.807, 2.05) is 127 Å². The number of fused-ring (bicyclic) bond motifs is 12. The quantitative estimate of drug-likeness (QED) is 0.149. The van der Waals surface area contributed by atoms with Gasteiger partial charge < -0.3 is 13.6 Å². The van der Waals surface area contributed by atoms with Gasteiger partial charge in [0, 0.05) is 77.1 Å². The van der Waals surface area contributed by atoms with Crippen LogP contribution in [0.3, 0.4) is 0 Å². The largest absolute Gasteiger partial charge is 0.454 e. The fraction of sp³-hybridized carbons (Fsp3) is 0. The van der Waals surface area contributed by atoms with Crippen LogP contribution in [0.1, 0.15) is 0 Å². The van der Waals surface area contributed by atoms with Gasteiger partial charge in [0.2, 0.25) is 0 Å². The maximum atomic E-state index is 7.19. The molecule has 15 rings (SSSR count). The van der Waals surface area contributed by atoms with Gasteiger partial charge in [0.15, 0.2) is 40.5 Å². The summed E-state index contributed by atoms with van der Waals surface area (Å²) in [6, 6.07) is 83.1. The number of benzene rings is 10. The zero-order chi connectivity index (χ0) is 49.4. The Morgan fingerprint density at radius 2 is 0.680 bits per heavy atom. The summed E-state index contributed by atoms with van der Waals surface area (Å²) in [6.45, 7) is 0. The van der Waals surface area contributed by atoms with Gasteiger partial charge in [-0.25, -0.2) is 29.9 Å². The Balaban J connectivity index is 1.09. The van der Waals surface area contributed by atoms with Gasteiger partial charge in [-0.05, 0) is 48.5 Å². The van der Waals surface area contributed by atoms with Gasteiger partial charge in [0.1, 0.15) is 5.58 Å². The van der Waals surface area contributed by atoms with Crippen molar-refractivity contribution in [2.45, 2.75) is 0 Å². The van der Waals surface area contributed by atoms with Crippen molar-refractivity contribution in [1.82, 2.24) is 39.0 Å². The first-order valence-corrected chi connectivity index (χ1v) is 25.0. The molecule has 5 aromatic heterocycles. The van der Waals surface area contributed by atoms with Crippen LogP contribution in [0.2, 0.25) is 0 Å². The lowest BCUT2D eigenvalue weighted by molar-refractivity contribution is 0.671. The van der Waals surface area contributed by atoms with E-state index in [-0.39, 0.29) is 0 Å². The Bertz CT molecular complexity index is 4570. The molecule has 9 nitrogen and oxygen atoms in total. The molecule has 0 saturated carbocycles. The zero-order valence-corrected chi connectivity index (χ0v) is 40.1. The van der Waals surface area contributed by atoms with E-state index in [1.165, 1.54) is 0 Å². The van der Waals surface area contributed by atoms with E-state index in [1.54, 1.807) is 0 Å². The molecule has 0 spiro atoms. The van der Waals surface area contributed by atoms with E-state index in [2.05, 4.69) is 124 Å². The maximum absolute atomic E-state index is 7.19. The Labute approximate surface area is 429 Å². The number of hydrogen-bond donors (Lipinski definition) is 0. The van der Waals surface area contributed by atoms with E-state index < -0.39 is 0 Å². The summed E-state index contributed by atoms with van der Waals surface area (Å²) in [5, 5.41) is 6.57. The van der Waals surface area contributed by atoms with Crippen molar-refractivity contribution in [2.75, 3.05) is 0 Å². The summed E-state index contributed by atoms with van der Waals surface area (Å²) in [4.78, 5) is 31.5. The summed E-state index contributed by atoms with van der Waals surface area (Å²) >= 11 is 0. The number of nitrogens with zero attached hydrogens (tertiary/aromatic N) is 8. The van der Waals surface area contributed by atoms with E-state index >= 15 is 0 Å². The van der Waals surface area contributed by atoms with Gasteiger partial charge in [-0.3, -0.25) is 0 Å². The minimum atomic E-state index is 0.462. The van der Waals surface area contributed by atoms with E-state index in [4.69, 9.17) is 34.3 Å². The third-order valence-corrected chi connectivity index (χ3v) is 14.2. The van der Waals surface area contributed by atoms with Crippen LogP contribution in [0.4, 0.5) is 0 Å². The average molecular weight is 961 g/mol. The molecule has 0 aliphatic heterocycles. The first-order valence-electron chi connectivity index (χ1n) is 25.0. The van der Waals surface area contributed by atoms with Gasteiger partial charge in [-0.15, -0.1) is 0 Å². The van der Waals surface area contributed by atoms with Crippen molar-refractivity contribution in [1.29, 1.82) is 0 Å². The molecule has 0 atom stereocenters. The van der Waals surface area contributed by atoms with Crippen LogP contribution >= 0.6 is 0 Å². The Kier molecular flexibility index (Phi) is 9.67. The highest BCUT2D eigenvalue weighted by Crippen LogP contribution is 2.50. The lowest BCUT2D eigenvalue weighted by Gasteiger charge is -2.16. The fourth-order valence-corrected chi connectivity index (χ4v) is 10.9. The second-order valence-electron chi connectivity index (χ2n) is 18.6. The molecular formula is C66H40N8O.